The minimum absolute atomic E-state index is 0.550. The molecule has 0 heterocycles. The third-order valence-corrected chi connectivity index (χ3v) is 22.0. The van der Waals surface area contributed by atoms with E-state index in [0.29, 0.717) is 12.1 Å². The van der Waals surface area contributed by atoms with E-state index >= 15 is 0 Å². The van der Waals surface area contributed by atoms with Crippen molar-refractivity contribution < 1.29 is 18.1 Å². The molecule has 0 saturated heterocycles. The lowest BCUT2D eigenvalue weighted by molar-refractivity contribution is 0.197. The number of allylic oxidation sites excluding steroid dienone is 1. The first-order valence-corrected chi connectivity index (χ1v) is 18.3. The molecule has 8 heteroatoms. The minimum Gasteiger partial charge on any atom is -0.465 e. The van der Waals surface area contributed by atoms with Gasteiger partial charge in [-0.05, 0) is 61.7 Å². The van der Waals surface area contributed by atoms with Gasteiger partial charge in [-0.1, -0.05) is 48.1 Å². The molecule has 0 aliphatic heterocycles. The van der Waals surface area contributed by atoms with Crippen molar-refractivity contribution in [2.24, 2.45) is 0 Å². The highest BCUT2D eigenvalue weighted by atomic mass is 28.5. The Morgan fingerprint density at radius 1 is 0.889 bits per heavy atom. The average molecular weight is 434 g/mol. The van der Waals surface area contributed by atoms with E-state index in [9.17, 15) is 4.79 Å². The summed E-state index contributed by atoms with van der Waals surface area (Å²) in [4.78, 5) is 10.8. The van der Waals surface area contributed by atoms with Gasteiger partial charge in [0.1, 0.15) is 0 Å². The first-order chi connectivity index (χ1) is 12.6. The fourth-order valence-corrected chi connectivity index (χ4v) is 19.8. The highest BCUT2D eigenvalue weighted by Crippen LogP contribution is 2.34. The molecule has 0 fully saturated rings. The molecule has 160 valence electrons. The van der Waals surface area contributed by atoms with E-state index < -0.39 is 31.3 Å². The van der Waals surface area contributed by atoms with Gasteiger partial charge in [-0.3, -0.25) is 5.32 Å². The largest absolute Gasteiger partial charge is 0.465 e. The molecule has 0 aromatic heterocycles. The molecular weight excluding hydrogens is 390 g/mol. The first-order valence-electron chi connectivity index (χ1n) is 10.7. The summed E-state index contributed by atoms with van der Waals surface area (Å²) in [5.74, 6) is 0. The maximum Gasteiger partial charge on any atom is 0.408 e. The lowest BCUT2D eigenvalue weighted by Gasteiger charge is -2.44. The summed E-state index contributed by atoms with van der Waals surface area (Å²) in [6, 6.07) is 7.64. The van der Waals surface area contributed by atoms with Crippen molar-refractivity contribution >= 4 is 31.3 Å². The number of carbonyl (C=O) groups is 1. The Balaban J connectivity index is 5.41. The van der Waals surface area contributed by atoms with Gasteiger partial charge in [-0.15, -0.1) is 0 Å². The second-order valence-corrected chi connectivity index (χ2v) is 21.1. The molecule has 2 N–H and O–H groups in total. The van der Waals surface area contributed by atoms with E-state index in [0.717, 1.165) is 48.7 Å². The Hall–Kier alpha value is -0.419. The molecule has 0 aromatic carbocycles. The molecule has 0 atom stereocenters. The van der Waals surface area contributed by atoms with Gasteiger partial charge in [-0.25, -0.2) is 4.79 Å². The quantitative estimate of drug-likeness (QED) is 0.283. The lowest BCUT2D eigenvalue weighted by atomic mass is 10.3. The van der Waals surface area contributed by atoms with Crippen LogP contribution in [0.4, 0.5) is 4.79 Å². The number of hydrogen-bond acceptors (Lipinski definition) is 3. The van der Waals surface area contributed by atoms with Crippen LogP contribution in [-0.2, 0) is 8.23 Å². The Morgan fingerprint density at radius 2 is 1.26 bits per heavy atom. The highest BCUT2D eigenvalue weighted by molar-refractivity contribution is 6.89. The Bertz CT molecular complexity index is 427. The van der Waals surface area contributed by atoms with E-state index in [4.69, 9.17) is 13.3 Å². The van der Waals surface area contributed by atoms with Crippen LogP contribution in [0.3, 0.4) is 0 Å². The minimum atomic E-state index is -2.35. The zero-order chi connectivity index (χ0) is 21.1. The van der Waals surface area contributed by atoms with E-state index in [1.54, 1.807) is 0 Å². The van der Waals surface area contributed by atoms with Gasteiger partial charge in [-0.2, -0.15) is 0 Å². The van der Waals surface area contributed by atoms with Crippen molar-refractivity contribution in [3.63, 3.8) is 0 Å². The third-order valence-electron chi connectivity index (χ3n) is 6.12. The molecule has 0 rings (SSSR count). The topological polar surface area (TPSA) is 67.8 Å². The monoisotopic (exact) mass is 433 g/mol. The van der Waals surface area contributed by atoms with Crippen LogP contribution in [0.1, 0.15) is 54.4 Å². The summed E-state index contributed by atoms with van der Waals surface area (Å²) in [5.41, 5.74) is 0.550. The van der Waals surface area contributed by atoms with Crippen LogP contribution in [0.25, 0.3) is 0 Å². The van der Waals surface area contributed by atoms with Gasteiger partial charge < -0.3 is 13.3 Å². The van der Waals surface area contributed by atoms with Crippen molar-refractivity contribution in [3.05, 3.63) is 12.3 Å². The maximum atomic E-state index is 10.8. The van der Waals surface area contributed by atoms with Gasteiger partial charge >= 0.3 is 14.7 Å². The fourth-order valence-electron chi connectivity index (χ4n) is 3.81. The van der Waals surface area contributed by atoms with E-state index in [1.165, 1.54) is 0 Å². The first kappa shape index (κ1) is 26.6. The zero-order valence-electron chi connectivity index (χ0n) is 18.7. The van der Waals surface area contributed by atoms with E-state index in [1.807, 2.05) is 0 Å². The van der Waals surface area contributed by atoms with E-state index in [2.05, 4.69) is 60.0 Å². The molecule has 0 bridgehead atoms. The molecule has 0 radical (unpaired) electrons. The van der Waals surface area contributed by atoms with Crippen molar-refractivity contribution in [1.29, 1.82) is 0 Å². The number of amides is 1. The fraction of sp³-hybridized carbons (Fsp3) is 0.842. The molecule has 5 nitrogen and oxygen atoms in total. The van der Waals surface area contributed by atoms with Gasteiger partial charge in [0.15, 0.2) is 16.6 Å². The van der Waals surface area contributed by atoms with Crippen molar-refractivity contribution in [3.8, 4) is 0 Å². The number of rotatable bonds is 15. The summed E-state index contributed by atoms with van der Waals surface area (Å²) >= 11 is 0. The van der Waals surface area contributed by atoms with Crippen molar-refractivity contribution in [2.45, 2.75) is 103 Å². The summed E-state index contributed by atoms with van der Waals surface area (Å²) in [6.45, 7) is 19.6. The Kier molecular flexibility index (Phi) is 12.0. The lowest BCUT2D eigenvalue weighted by Crippen LogP contribution is -2.56. The number of hydrogen-bond donors (Lipinski definition) is 2. The zero-order valence-corrected chi connectivity index (χ0v) is 21.7. The summed E-state index contributed by atoms with van der Waals surface area (Å²) in [5, 5.41) is 11.2. The Labute approximate surface area is 170 Å². The summed E-state index contributed by atoms with van der Waals surface area (Å²) in [6.07, 6.45) is 0.445. The average Bonchev–Trinajstić information content (AvgIpc) is 2.64. The molecule has 0 spiro atoms. The number of carboxylic acid groups (broad SMARTS) is 1. The van der Waals surface area contributed by atoms with Crippen LogP contribution in [0.15, 0.2) is 12.3 Å². The van der Waals surface area contributed by atoms with Gasteiger partial charge in [0.05, 0.1) is 0 Å². The standard InChI is InChI=1S/C19H43NO4Si3/c1-9-26(10-2,11-3)23-25(8,24-27(12-4,13-5)14-6)17-15-16-18(7)20-19(21)22/h20H,7,9-17H2,1-6,8H3,(H,21,22). The van der Waals surface area contributed by atoms with Crippen LogP contribution in [0, 0.1) is 0 Å². The predicted molar refractivity (Wildman–Crippen MR) is 123 cm³/mol. The maximum absolute atomic E-state index is 10.8. The predicted octanol–water partition coefficient (Wildman–Crippen LogP) is 6.66. The SMILES string of the molecule is C=C(CCC[Si](C)(O[Si](CC)(CC)CC)O[Si](CC)(CC)CC)NC(=O)O. The summed E-state index contributed by atoms with van der Waals surface area (Å²) < 4.78 is 14.0. The second kappa shape index (κ2) is 12.2. The number of nitrogens with one attached hydrogen (secondary N) is 1. The third kappa shape index (κ3) is 8.64. The van der Waals surface area contributed by atoms with Crippen LogP contribution < -0.4 is 5.32 Å². The normalized spacial score (nSPS) is 12.9. The smallest absolute Gasteiger partial charge is 0.408 e. The molecular formula is C19H43NO4Si3. The molecule has 0 saturated carbocycles. The highest BCUT2D eigenvalue weighted by Gasteiger charge is 2.45. The molecule has 0 aromatic rings. The molecule has 0 aliphatic rings. The van der Waals surface area contributed by atoms with Crippen LogP contribution in [0.5, 0.6) is 0 Å². The van der Waals surface area contributed by atoms with Crippen molar-refractivity contribution in [2.75, 3.05) is 0 Å². The second-order valence-electron chi connectivity index (χ2n) is 7.71. The van der Waals surface area contributed by atoms with Gasteiger partial charge in [0.2, 0.25) is 0 Å². The van der Waals surface area contributed by atoms with Crippen LogP contribution in [-0.4, -0.2) is 36.4 Å². The molecule has 27 heavy (non-hydrogen) atoms. The van der Waals surface area contributed by atoms with Crippen molar-refractivity contribution in [1.82, 2.24) is 5.32 Å². The molecule has 0 unspecified atom stereocenters. The molecule has 1 amide bonds. The van der Waals surface area contributed by atoms with Gasteiger partial charge in [0, 0.05) is 5.70 Å². The molecule has 0 aliphatic carbocycles. The van der Waals surface area contributed by atoms with E-state index in [-0.39, 0.29) is 0 Å². The van der Waals surface area contributed by atoms with Crippen LogP contribution >= 0.6 is 0 Å². The summed E-state index contributed by atoms with van der Waals surface area (Å²) in [7, 11) is -5.88. The van der Waals surface area contributed by atoms with Gasteiger partial charge in [0.25, 0.3) is 0 Å². The Morgan fingerprint density at radius 3 is 1.56 bits per heavy atom. The van der Waals surface area contributed by atoms with Crippen LogP contribution in [0.2, 0.25) is 48.9 Å².